The number of carbonyl (C=O) groups excluding carboxylic acids is 2. The minimum atomic E-state index is -0.385. The van der Waals surface area contributed by atoms with Gasteiger partial charge >= 0.3 is 0 Å². The van der Waals surface area contributed by atoms with E-state index in [-0.39, 0.29) is 23.9 Å². The molecule has 142 valence electrons. The Bertz CT molecular complexity index is 863. The summed E-state index contributed by atoms with van der Waals surface area (Å²) in [5.74, 6) is 0.0781. The molecule has 0 N–H and O–H groups in total. The van der Waals surface area contributed by atoms with Crippen molar-refractivity contribution in [2.45, 2.75) is 25.6 Å². The zero-order valence-electron chi connectivity index (χ0n) is 16.0. The molecule has 2 aliphatic heterocycles. The molecule has 1 aromatic heterocycles. The van der Waals surface area contributed by atoms with Crippen LogP contribution < -0.4 is 0 Å². The van der Waals surface area contributed by atoms with E-state index < -0.39 is 0 Å². The van der Waals surface area contributed by atoms with Gasteiger partial charge in [-0.1, -0.05) is 30.3 Å². The number of fused-ring (bicyclic) bond motifs is 1. The number of piperazine rings is 2. The molecular formula is C20H25N5O2. The molecular weight excluding hydrogens is 342 g/mol. The molecule has 0 unspecified atom stereocenters. The molecule has 2 fully saturated rings. The largest absolute Gasteiger partial charge is 0.332 e. The molecule has 0 spiro atoms. The lowest BCUT2D eigenvalue weighted by molar-refractivity contribution is -0.163. The van der Waals surface area contributed by atoms with Gasteiger partial charge in [-0.3, -0.25) is 19.2 Å². The first kappa shape index (κ1) is 17.7. The van der Waals surface area contributed by atoms with E-state index in [9.17, 15) is 9.59 Å². The summed E-state index contributed by atoms with van der Waals surface area (Å²) in [6, 6.07) is 9.38. The summed E-state index contributed by atoms with van der Waals surface area (Å²) in [6.45, 7) is 4.42. The second-order valence-corrected chi connectivity index (χ2v) is 7.45. The Morgan fingerprint density at radius 3 is 2.56 bits per heavy atom. The molecule has 1 aromatic carbocycles. The Balaban J connectivity index is 1.54. The number of rotatable bonds is 3. The molecule has 2 saturated heterocycles. The Kier molecular flexibility index (Phi) is 4.47. The molecule has 2 aliphatic rings. The maximum absolute atomic E-state index is 12.7. The highest BCUT2D eigenvalue weighted by molar-refractivity contribution is 5.97. The van der Waals surface area contributed by atoms with Crippen molar-refractivity contribution in [1.29, 1.82) is 0 Å². The van der Waals surface area contributed by atoms with Gasteiger partial charge in [-0.25, -0.2) is 0 Å². The Morgan fingerprint density at radius 1 is 1.07 bits per heavy atom. The molecule has 0 radical (unpaired) electrons. The van der Waals surface area contributed by atoms with Crippen molar-refractivity contribution in [3.63, 3.8) is 0 Å². The van der Waals surface area contributed by atoms with Crippen LogP contribution in [-0.4, -0.2) is 75.1 Å². The second kappa shape index (κ2) is 6.81. The molecule has 3 heterocycles. The fourth-order valence-corrected chi connectivity index (χ4v) is 4.02. The van der Waals surface area contributed by atoms with Crippen molar-refractivity contribution >= 4 is 11.8 Å². The van der Waals surface area contributed by atoms with Gasteiger partial charge in [0, 0.05) is 57.6 Å². The summed E-state index contributed by atoms with van der Waals surface area (Å²) in [7, 11) is 3.64. The first-order valence-corrected chi connectivity index (χ1v) is 9.33. The molecule has 2 aromatic rings. The molecule has 2 atom stereocenters. The van der Waals surface area contributed by atoms with E-state index in [0.29, 0.717) is 19.6 Å². The van der Waals surface area contributed by atoms with Crippen LogP contribution in [0.4, 0.5) is 0 Å². The SMILES string of the molecule is C[C@H]1C(=O)N2CCN(Cc3cn(C)nc3-c3ccccc3)C[C@@H]2C(=O)N1C. The molecule has 0 aliphatic carbocycles. The van der Waals surface area contributed by atoms with Crippen LogP contribution in [-0.2, 0) is 23.2 Å². The zero-order valence-corrected chi connectivity index (χ0v) is 16.0. The monoisotopic (exact) mass is 367 g/mol. The number of hydrogen-bond acceptors (Lipinski definition) is 4. The number of nitrogens with zero attached hydrogens (tertiary/aromatic N) is 5. The maximum Gasteiger partial charge on any atom is 0.247 e. The van der Waals surface area contributed by atoms with Gasteiger partial charge in [0.25, 0.3) is 0 Å². The molecule has 7 nitrogen and oxygen atoms in total. The average Bonchev–Trinajstić information content (AvgIpc) is 3.05. The fraction of sp³-hybridized carbons (Fsp3) is 0.450. The number of hydrogen-bond donors (Lipinski definition) is 0. The average molecular weight is 367 g/mol. The predicted octanol–water partition coefficient (Wildman–Crippen LogP) is 0.960. The number of aromatic nitrogens is 2. The second-order valence-electron chi connectivity index (χ2n) is 7.45. The first-order valence-electron chi connectivity index (χ1n) is 9.33. The predicted molar refractivity (Wildman–Crippen MR) is 102 cm³/mol. The number of carbonyl (C=O) groups is 2. The van der Waals surface area contributed by atoms with Gasteiger partial charge < -0.3 is 9.80 Å². The van der Waals surface area contributed by atoms with Crippen LogP contribution in [0, 0.1) is 0 Å². The van der Waals surface area contributed by atoms with Crippen molar-refractivity contribution in [3.8, 4) is 11.3 Å². The lowest BCUT2D eigenvalue weighted by Crippen LogP contribution is -2.68. The molecule has 0 bridgehead atoms. The highest BCUT2D eigenvalue weighted by Crippen LogP contribution is 2.26. The molecule has 2 amide bonds. The lowest BCUT2D eigenvalue weighted by Gasteiger charge is -2.47. The van der Waals surface area contributed by atoms with Gasteiger partial charge in [0.15, 0.2) is 0 Å². The third-order valence-corrected chi connectivity index (χ3v) is 5.66. The van der Waals surface area contributed by atoms with E-state index in [2.05, 4.69) is 22.1 Å². The number of aryl methyl sites for hydroxylation is 1. The van der Waals surface area contributed by atoms with Crippen LogP contribution in [0.5, 0.6) is 0 Å². The maximum atomic E-state index is 12.7. The van der Waals surface area contributed by atoms with Gasteiger partial charge in [0.2, 0.25) is 11.8 Å². The van der Waals surface area contributed by atoms with E-state index in [1.165, 1.54) is 0 Å². The molecule has 27 heavy (non-hydrogen) atoms. The minimum Gasteiger partial charge on any atom is -0.332 e. The number of amides is 2. The zero-order chi connectivity index (χ0) is 19.1. The van der Waals surface area contributed by atoms with Gasteiger partial charge in [-0.15, -0.1) is 0 Å². The smallest absolute Gasteiger partial charge is 0.247 e. The minimum absolute atomic E-state index is 0.0290. The van der Waals surface area contributed by atoms with E-state index in [1.807, 2.05) is 36.1 Å². The van der Waals surface area contributed by atoms with Gasteiger partial charge in [-0.2, -0.15) is 5.10 Å². The Labute approximate surface area is 159 Å². The number of likely N-dealkylation sites (N-methyl/N-ethyl adjacent to an activating group) is 1. The van der Waals surface area contributed by atoms with Crippen molar-refractivity contribution < 1.29 is 9.59 Å². The lowest BCUT2D eigenvalue weighted by atomic mass is 10.0. The number of benzene rings is 1. The normalized spacial score (nSPS) is 23.7. The Morgan fingerprint density at radius 2 is 1.81 bits per heavy atom. The summed E-state index contributed by atoms with van der Waals surface area (Å²) in [5, 5.41) is 4.63. The summed E-state index contributed by atoms with van der Waals surface area (Å²) in [4.78, 5) is 30.8. The highest BCUT2D eigenvalue weighted by atomic mass is 16.2. The van der Waals surface area contributed by atoms with Crippen LogP contribution in [0.2, 0.25) is 0 Å². The van der Waals surface area contributed by atoms with E-state index >= 15 is 0 Å². The topological polar surface area (TPSA) is 61.7 Å². The van der Waals surface area contributed by atoms with Crippen LogP contribution in [0.1, 0.15) is 12.5 Å². The van der Waals surface area contributed by atoms with E-state index in [4.69, 9.17) is 0 Å². The third-order valence-electron chi connectivity index (χ3n) is 5.66. The highest BCUT2D eigenvalue weighted by Gasteiger charge is 2.44. The Hall–Kier alpha value is -2.67. The molecule has 4 rings (SSSR count). The summed E-state index contributed by atoms with van der Waals surface area (Å²) in [5.41, 5.74) is 3.19. The van der Waals surface area contributed by atoms with Crippen LogP contribution in [0.3, 0.4) is 0 Å². The summed E-state index contributed by atoms with van der Waals surface area (Å²) < 4.78 is 1.83. The first-order chi connectivity index (χ1) is 13.0. The quantitative estimate of drug-likeness (QED) is 0.811. The van der Waals surface area contributed by atoms with Crippen molar-refractivity contribution in [3.05, 3.63) is 42.1 Å². The van der Waals surface area contributed by atoms with E-state index in [1.54, 1.807) is 23.8 Å². The van der Waals surface area contributed by atoms with Crippen molar-refractivity contribution in [2.75, 3.05) is 26.7 Å². The van der Waals surface area contributed by atoms with Gasteiger partial charge in [0.05, 0.1) is 5.69 Å². The molecule has 7 heteroatoms. The van der Waals surface area contributed by atoms with Crippen LogP contribution in [0.15, 0.2) is 36.5 Å². The van der Waals surface area contributed by atoms with Crippen LogP contribution in [0.25, 0.3) is 11.3 Å². The van der Waals surface area contributed by atoms with Crippen molar-refractivity contribution in [1.82, 2.24) is 24.5 Å². The van der Waals surface area contributed by atoms with Gasteiger partial charge in [0.1, 0.15) is 12.1 Å². The van der Waals surface area contributed by atoms with Gasteiger partial charge in [-0.05, 0) is 6.92 Å². The summed E-state index contributed by atoms with van der Waals surface area (Å²) in [6.07, 6.45) is 2.04. The van der Waals surface area contributed by atoms with E-state index in [0.717, 1.165) is 23.4 Å². The molecule has 0 saturated carbocycles. The third kappa shape index (κ3) is 3.12. The standard InChI is InChI=1S/C20H25N5O2/c1-14-19(26)25-10-9-24(13-17(25)20(27)23(14)3)12-16-11-22(2)21-18(16)15-7-5-4-6-8-15/h4-8,11,14,17H,9-10,12-13H2,1-3H3/t14-,17+/m0/s1. The van der Waals surface area contributed by atoms with Crippen molar-refractivity contribution in [2.24, 2.45) is 7.05 Å². The summed E-state index contributed by atoms with van der Waals surface area (Å²) >= 11 is 0. The van der Waals surface area contributed by atoms with Crippen LogP contribution >= 0.6 is 0 Å². The fourth-order valence-electron chi connectivity index (χ4n) is 4.02.